The molecular formula is C17H17NO3. The van der Waals surface area contributed by atoms with Crippen molar-refractivity contribution in [1.29, 1.82) is 0 Å². The summed E-state index contributed by atoms with van der Waals surface area (Å²) in [6, 6.07) is 14.9. The Morgan fingerprint density at radius 3 is 2.71 bits per heavy atom. The third-order valence-electron chi connectivity index (χ3n) is 3.30. The van der Waals surface area contributed by atoms with Gasteiger partial charge in [-0.25, -0.2) is 0 Å². The zero-order valence-corrected chi connectivity index (χ0v) is 11.8. The molecule has 0 bridgehead atoms. The Morgan fingerprint density at radius 1 is 1.24 bits per heavy atom. The normalized spacial score (nSPS) is 16.3. The lowest BCUT2D eigenvalue weighted by Crippen LogP contribution is -2.15. The molecule has 1 atom stereocenters. The van der Waals surface area contributed by atoms with Crippen LogP contribution in [0.1, 0.15) is 15.9 Å². The molecule has 1 fully saturated rings. The first-order valence-electron chi connectivity index (χ1n) is 6.94. The predicted molar refractivity (Wildman–Crippen MR) is 80.8 cm³/mol. The third-order valence-corrected chi connectivity index (χ3v) is 3.30. The van der Waals surface area contributed by atoms with Gasteiger partial charge in [-0.1, -0.05) is 30.3 Å². The molecule has 21 heavy (non-hydrogen) atoms. The molecule has 1 saturated heterocycles. The van der Waals surface area contributed by atoms with E-state index in [1.54, 1.807) is 6.07 Å². The second kappa shape index (κ2) is 5.97. The van der Waals surface area contributed by atoms with Gasteiger partial charge in [-0.05, 0) is 30.7 Å². The fourth-order valence-corrected chi connectivity index (χ4v) is 2.08. The van der Waals surface area contributed by atoms with Crippen molar-refractivity contribution < 1.29 is 14.3 Å². The zero-order chi connectivity index (χ0) is 14.7. The van der Waals surface area contributed by atoms with Crippen molar-refractivity contribution in [3.8, 4) is 5.75 Å². The maximum atomic E-state index is 12.4. The Kier molecular flexibility index (Phi) is 3.88. The Labute approximate surface area is 123 Å². The first kappa shape index (κ1) is 13.6. The van der Waals surface area contributed by atoms with Gasteiger partial charge in [-0.3, -0.25) is 4.79 Å². The number of hydrogen-bond acceptors (Lipinski definition) is 3. The number of anilines is 1. The summed E-state index contributed by atoms with van der Waals surface area (Å²) in [4.78, 5) is 12.4. The quantitative estimate of drug-likeness (QED) is 0.858. The second-order valence-electron chi connectivity index (χ2n) is 5.04. The summed E-state index contributed by atoms with van der Waals surface area (Å²) in [6.45, 7) is 3.15. The molecule has 0 radical (unpaired) electrons. The van der Waals surface area contributed by atoms with Crippen LogP contribution < -0.4 is 10.1 Å². The summed E-state index contributed by atoms with van der Waals surface area (Å²) in [7, 11) is 0. The molecule has 2 aromatic carbocycles. The number of amides is 1. The average molecular weight is 283 g/mol. The largest absolute Gasteiger partial charge is 0.490 e. The summed E-state index contributed by atoms with van der Waals surface area (Å²) in [6.07, 6.45) is 0.162. The average Bonchev–Trinajstić information content (AvgIpc) is 3.31. The van der Waals surface area contributed by atoms with Crippen molar-refractivity contribution in [2.24, 2.45) is 0 Å². The Morgan fingerprint density at radius 2 is 2.00 bits per heavy atom. The summed E-state index contributed by atoms with van der Waals surface area (Å²) in [5.41, 5.74) is 2.25. The molecule has 0 saturated carbocycles. The fourth-order valence-electron chi connectivity index (χ4n) is 2.08. The first-order chi connectivity index (χ1) is 10.2. The molecule has 0 spiro atoms. The van der Waals surface area contributed by atoms with Crippen LogP contribution in [-0.2, 0) is 4.74 Å². The van der Waals surface area contributed by atoms with E-state index in [0.717, 1.165) is 17.9 Å². The van der Waals surface area contributed by atoms with Crippen LogP contribution in [0.4, 0.5) is 5.69 Å². The van der Waals surface area contributed by atoms with Gasteiger partial charge in [-0.15, -0.1) is 0 Å². The lowest BCUT2D eigenvalue weighted by atomic mass is 10.1. The van der Waals surface area contributed by atoms with Gasteiger partial charge in [0.1, 0.15) is 18.5 Å². The number of hydrogen-bond donors (Lipinski definition) is 1. The molecule has 1 heterocycles. The van der Waals surface area contributed by atoms with Crippen molar-refractivity contribution in [2.75, 3.05) is 18.5 Å². The number of benzene rings is 2. The van der Waals surface area contributed by atoms with Crippen LogP contribution in [0.3, 0.4) is 0 Å². The van der Waals surface area contributed by atoms with Crippen LogP contribution in [0, 0.1) is 6.92 Å². The maximum Gasteiger partial charge on any atom is 0.259 e. The van der Waals surface area contributed by atoms with Gasteiger partial charge in [0, 0.05) is 5.69 Å². The lowest BCUT2D eigenvalue weighted by Gasteiger charge is -2.13. The van der Waals surface area contributed by atoms with Gasteiger partial charge in [0.2, 0.25) is 0 Å². The minimum atomic E-state index is -0.170. The molecular weight excluding hydrogens is 266 g/mol. The van der Waals surface area contributed by atoms with E-state index in [0.29, 0.717) is 17.9 Å². The van der Waals surface area contributed by atoms with E-state index in [9.17, 15) is 4.79 Å². The molecule has 1 aliphatic heterocycles. The summed E-state index contributed by atoms with van der Waals surface area (Å²) in [5.74, 6) is 0.457. The van der Waals surface area contributed by atoms with Crippen molar-refractivity contribution >= 4 is 11.6 Å². The number of nitrogens with one attached hydrogen (secondary N) is 1. The van der Waals surface area contributed by atoms with Gasteiger partial charge in [-0.2, -0.15) is 0 Å². The molecule has 1 aliphatic rings. The van der Waals surface area contributed by atoms with Crippen LogP contribution in [-0.4, -0.2) is 25.2 Å². The third kappa shape index (κ3) is 3.41. The number of rotatable bonds is 5. The van der Waals surface area contributed by atoms with E-state index in [1.807, 2.05) is 49.4 Å². The van der Waals surface area contributed by atoms with E-state index in [-0.39, 0.29) is 12.0 Å². The topological polar surface area (TPSA) is 50.9 Å². The van der Waals surface area contributed by atoms with Crippen LogP contribution in [0.5, 0.6) is 5.75 Å². The number of carbonyl (C=O) groups excluding carboxylic acids is 1. The molecule has 108 valence electrons. The summed E-state index contributed by atoms with van der Waals surface area (Å²) < 4.78 is 10.9. The van der Waals surface area contributed by atoms with Gasteiger partial charge in [0.15, 0.2) is 0 Å². The minimum Gasteiger partial charge on any atom is -0.490 e. The highest BCUT2D eigenvalue weighted by Gasteiger charge is 2.24. The molecule has 1 amide bonds. The fraction of sp³-hybridized carbons (Fsp3) is 0.235. The van der Waals surface area contributed by atoms with Crippen molar-refractivity contribution in [2.45, 2.75) is 13.0 Å². The summed E-state index contributed by atoms with van der Waals surface area (Å²) in [5, 5.41) is 2.88. The Hall–Kier alpha value is -2.33. The molecule has 3 rings (SSSR count). The highest BCUT2D eigenvalue weighted by atomic mass is 16.6. The maximum absolute atomic E-state index is 12.4. The van der Waals surface area contributed by atoms with Crippen molar-refractivity contribution in [3.05, 3.63) is 59.7 Å². The van der Waals surface area contributed by atoms with E-state index in [4.69, 9.17) is 9.47 Å². The van der Waals surface area contributed by atoms with Crippen molar-refractivity contribution in [1.82, 2.24) is 0 Å². The predicted octanol–water partition coefficient (Wildman–Crippen LogP) is 3.02. The lowest BCUT2D eigenvalue weighted by molar-refractivity contribution is 0.102. The molecule has 1 N–H and O–H groups in total. The number of para-hydroxylation sites is 2. The molecule has 0 aromatic heterocycles. The minimum absolute atomic E-state index is 0.162. The molecule has 4 heteroatoms. The van der Waals surface area contributed by atoms with E-state index < -0.39 is 0 Å². The smallest absolute Gasteiger partial charge is 0.259 e. The van der Waals surface area contributed by atoms with Gasteiger partial charge >= 0.3 is 0 Å². The number of ether oxygens (including phenoxy) is 2. The molecule has 4 nitrogen and oxygen atoms in total. The number of aryl methyl sites for hydroxylation is 1. The second-order valence-corrected chi connectivity index (χ2v) is 5.04. The highest BCUT2D eigenvalue weighted by molar-refractivity contribution is 6.06. The number of epoxide rings is 1. The van der Waals surface area contributed by atoms with Crippen molar-refractivity contribution in [3.63, 3.8) is 0 Å². The van der Waals surface area contributed by atoms with E-state index >= 15 is 0 Å². The summed E-state index contributed by atoms with van der Waals surface area (Å²) >= 11 is 0. The molecule has 2 aromatic rings. The van der Waals surface area contributed by atoms with Crippen LogP contribution in [0.25, 0.3) is 0 Å². The van der Waals surface area contributed by atoms with Crippen LogP contribution >= 0.6 is 0 Å². The highest BCUT2D eigenvalue weighted by Crippen LogP contribution is 2.25. The molecule has 1 unspecified atom stereocenters. The van der Waals surface area contributed by atoms with Crippen LogP contribution in [0.2, 0.25) is 0 Å². The standard InChI is InChI=1S/C17H17NO3/c1-12-6-5-9-15(16(12)21-11-14-10-20-14)17(19)18-13-7-3-2-4-8-13/h2-9,14H,10-11H2,1H3,(H,18,19). The van der Waals surface area contributed by atoms with Gasteiger partial charge in [0.05, 0.1) is 12.2 Å². The van der Waals surface area contributed by atoms with E-state index in [1.165, 1.54) is 0 Å². The zero-order valence-electron chi connectivity index (χ0n) is 11.8. The van der Waals surface area contributed by atoms with Gasteiger partial charge in [0.25, 0.3) is 5.91 Å². The van der Waals surface area contributed by atoms with Gasteiger partial charge < -0.3 is 14.8 Å². The van der Waals surface area contributed by atoms with E-state index in [2.05, 4.69) is 5.32 Å². The SMILES string of the molecule is Cc1cccc(C(=O)Nc2ccccc2)c1OCC1CO1. The van der Waals surface area contributed by atoms with Crippen LogP contribution in [0.15, 0.2) is 48.5 Å². The number of carbonyl (C=O) groups is 1. The Bertz CT molecular complexity index is 636. The Balaban J connectivity index is 1.79. The monoisotopic (exact) mass is 283 g/mol. The first-order valence-corrected chi connectivity index (χ1v) is 6.94. The molecule has 0 aliphatic carbocycles.